The maximum atomic E-state index is 12.7. The SMILES string of the molecule is Cc1ccc(-n2nnc3c(N4CCN(C(=O)c5ccccc5)CC4)ncnc32)cc1. The molecule has 0 radical (unpaired) electrons. The van der Waals surface area contributed by atoms with Crippen LogP contribution < -0.4 is 4.90 Å². The molecule has 1 saturated heterocycles. The summed E-state index contributed by atoms with van der Waals surface area (Å²) in [4.78, 5) is 25.6. The van der Waals surface area contributed by atoms with Gasteiger partial charge in [0.05, 0.1) is 5.69 Å². The Labute approximate surface area is 173 Å². The number of nitrogens with zero attached hydrogens (tertiary/aromatic N) is 7. The second-order valence-electron chi connectivity index (χ2n) is 7.35. The molecule has 8 heteroatoms. The summed E-state index contributed by atoms with van der Waals surface area (Å²) in [5.74, 6) is 0.818. The van der Waals surface area contributed by atoms with Gasteiger partial charge < -0.3 is 9.80 Å². The first-order chi connectivity index (χ1) is 14.7. The van der Waals surface area contributed by atoms with Crippen LogP contribution in [-0.4, -0.2) is 61.9 Å². The summed E-state index contributed by atoms with van der Waals surface area (Å²) in [6, 6.07) is 17.5. The highest BCUT2D eigenvalue weighted by molar-refractivity contribution is 5.94. The first-order valence-electron chi connectivity index (χ1n) is 9.93. The Morgan fingerprint density at radius 2 is 1.63 bits per heavy atom. The lowest BCUT2D eigenvalue weighted by molar-refractivity contribution is 0.0746. The van der Waals surface area contributed by atoms with Crippen molar-refractivity contribution in [3.63, 3.8) is 0 Å². The predicted molar refractivity (Wildman–Crippen MR) is 114 cm³/mol. The lowest BCUT2D eigenvalue weighted by Crippen LogP contribution is -2.49. The zero-order valence-corrected chi connectivity index (χ0v) is 16.6. The minimum atomic E-state index is 0.0633. The molecule has 5 rings (SSSR count). The summed E-state index contributed by atoms with van der Waals surface area (Å²) in [5.41, 5.74) is 4.15. The maximum absolute atomic E-state index is 12.7. The molecule has 3 heterocycles. The van der Waals surface area contributed by atoms with Crippen LogP contribution in [0.15, 0.2) is 60.9 Å². The first-order valence-corrected chi connectivity index (χ1v) is 9.93. The molecule has 30 heavy (non-hydrogen) atoms. The average molecular weight is 399 g/mol. The molecule has 2 aromatic heterocycles. The van der Waals surface area contributed by atoms with E-state index < -0.39 is 0 Å². The lowest BCUT2D eigenvalue weighted by atomic mass is 10.2. The number of carbonyl (C=O) groups is 1. The summed E-state index contributed by atoms with van der Waals surface area (Å²) >= 11 is 0. The maximum Gasteiger partial charge on any atom is 0.253 e. The van der Waals surface area contributed by atoms with Crippen LogP contribution in [-0.2, 0) is 0 Å². The zero-order valence-electron chi connectivity index (χ0n) is 16.6. The van der Waals surface area contributed by atoms with E-state index in [2.05, 4.69) is 25.2 Å². The first kappa shape index (κ1) is 18.2. The van der Waals surface area contributed by atoms with Gasteiger partial charge in [-0.25, -0.2) is 9.97 Å². The fourth-order valence-electron chi connectivity index (χ4n) is 3.71. The van der Waals surface area contributed by atoms with Crippen LogP contribution >= 0.6 is 0 Å². The molecule has 150 valence electrons. The van der Waals surface area contributed by atoms with Gasteiger partial charge in [-0.15, -0.1) is 5.10 Å². The molecule has 0 aliphatic carbocycles. The van der Waals surface area contributed by atoms with Gasteiger partial charge in [-0.2, -0.15) is 4.68 Å². The molecule has 8 nitrogen and oxygen atoms in total. The van der Waals surface area contributed by atoms with Gasteiger partial charge in [-0.3, -0.25) is 4.79 Å². The van der Waals surface area contributed by atoms with Gasteiger partial charge in [0.1, 0.15) is 6.33 Å². The number of fused-ring (bicyclic) bond motifs is 1. The number of hydrogen-bond donors (Lipinski definition) is 0. The Bertz CT molecular complexity index is 1180. The van der Waals surface area contributed by atoms with Gasteiger partial charge in [0, 0.05) is 31.7 Å². The topological polar surface area (TPSA) is 80.0 Å². The van der Waals surface area contributed by atoms with Crippen molar-refractivity contribution in [3.8, 4) is 5.69 Å². The van der Waals surface area contributed by atoms with Gasteiger partial charge in [0.25, 0.3) is 5.91 Å². The summed E-state index contributed by atoms with van der Waals surface area (Å²) in [5, 5.41) is 8.67. The molecule has 1 fully saturated rings. The van der Waals surface area contributed by atoms with Crippen molar-refractivity contribution >= 4 is 22.9 Å². The third-order valence-electron chi connectivity index (χ3n) is 5.38. The number of aromatic nitrogens is 5. The van der Waals surface area contributed by atoms with Crippen molar-refractivity contribution < 1.29 is 4.79 Å². The molecule has 1 amide bonds. The van der Waals surface area contributed by atoms with Crippen molar-refractivity contribution in [2.24, 2.45) is 0 Å². The number of aryl methyl sites for hydroxylation is 1. The van der Waals surface area contributed by atoms with Crippen LogP contribution in [0.2, 0.25) is 0 Å². The van der Waals surface area contributed by atoms with Crippen LogP contribution in [0.4, 0.5) is 5.82 Å². The number of piperazine rings is 1. The number of benzene rings is 2. The number of hydrogen-bond acceptors (Lipinski definition) is 6. The Morgan fingerprint density at radius 1 is 0.900 bits per heavy atom. The second-order valence-corrected chi connectivity index (χ2v) is 7.35. The Balaban J connectivity index is 1.37. The van der Waals surface area contributed by atoms with E-state index in [1.807, 2.05) is 66.4 Å². The van der Waals surface area contributed by atoms with E-state index in [1.165, 1.54) is 5.56 Å². The molecule has 0 N–H and O–H groups in total. The highest BCUT2D eigenvalue weighted by Crippen LogP contribution is 2.24. The van der Waals surface area contributed by atoms with E-state index >= 15 is 0 Å². The second kappa shape index (κ2) is 7.55. The quantitative estimate of drug-likeness (QED) is 0.527. The molecule has 0 atom stereocenters. The van der Waals surface area contributed by atoms with Crippen LogP contribution in [0.1, 0.15) is 15.9 Å². The lowest BCUT2D eigenvalue weighted by Gasteiger charge is -2.35. The minimum Gasteiger partial charge on any atom is -0.351 e. The van der Waals surface area contributed by atoms with Crippen molar-refractivity contribution in [1.82, 2.24) is 29.9 Å². The van der Waals surface area contributed by atoms with Crippen molar-refractivity contribution in [1.29, 1.82) is 0 Å². The summed E-state index contributed by atoms with van der Waals surface area (Å²) in [7, 11) is 0. The smallest absolute Gasteiger partial charge is 0.253 e. The molecule has 0 bridgehead atoms. The fourth-order valence-corrected chi connectivity index (χ4v) is 3.71. The monoisotopic (exact) mass is 399 g/mol. The molecule has 4 aromatic rings. The van der Waals surface area contributed by atoms with Crippen molar-refractivity contribution in [2.45, 2.75) is 6.92 Å². The highest BCUT2D eigenvalue weighted by Gasteiger charge is 2.25. The molecule has 0 unspecified atom stereocenters. The van der Waals surface area contributed by atoms with E-state index in [0.717, 1.165) is 17.1 Å². The molecule has 0 spiro atoms. The largest absolute Gasteiger partial charge is 0.351 e. The van der Waals surface area contributed by atoms with E-state index in [-0.39, 0.29) is 5.91 Å². The van der Waals surface area contributed by atoms with Gasteiger partial charge in [0.2, 0.25) is 0 Å². The molecular weight excluding hydrogens is 378 g/mol. The summed E-state index contributed by atoms with van der Waals surface area (Å²) in [6.07, 6.45) is 1.55. The van der Waals surface area contributed by atoms with Crippen LogP contribution in [0.25, 0.3) is 16.9 Å². The molecule has 1 aliphatic heterocycles. The summed E-state index contributed by atoms with van der Waals surface area (Å²) < 4.78 is 1.73. The molecule has 1 aliphatic rings. The van der Waals surface area contributed by atoms with Gasteiger partial charge in [-0.1, -0.05) is 41.1 Å². The van der Waals surface area contributed by atoms with E-state index in [1.54, 1.807) is 11.0 Å². The number of carbonyl (C=O) groups excluding carboxylic acids is 1. The molecular formula is C22H21N7O. The van der Waals surface area contributed by atoms with E-state index in [4.69, 9.17) is 0 Å². The van der Waals surface area contributed by atoms with E-state index in [0.29, 0.717) is 37.3 Å². The van der Waals surface area contributed by atoms with Crippen LogP contribution in [0.5, 0.6) is 0 Å². The number of anilines is 1. The van der Waals surface area contributed by atoms with Crippen molar-refractivity contribution in [2.75, 3.05) is 31.1 Å². The Kier molecular flexibility index (Phi) is 4.59. The Hall–Kier alpha value is -3.81. The predicted octanol–water partition coefficient (Wildman–Crippen LogP) is 2.48. The van der Waals surface area contributed by atoms with Crippen LogP contribution in [0.3, 0.4) is 0 Å². The minimum absolute atomic E-state index is 0.0633. The van der Waals surface area contributed by atoms with Crippen molar-refractivity contribution in [3.05, 3.63) is 72.1 Å². The highest BCUT2D eigenvalue weighted by atomic mass is 16.2. The van der Waals surface area contributed by atoms with Gasteiger partial charge in [-0.05, 0) is 31.2 Å². The average Bonchev–Trinajstić information content (AvgIpc) is 3.24. The fraction of sp³-hybridized carbons (Fsp3) is 0.227. The summed E-state index contributed by atoms with van der Waals surface area (Å²) in [6.45, 7) is 4.67. The zero-order chi connectivity index (χ0) is 20.5. The standard InChI is InChI=1S/C22H21N7O/c1-16-7-9-18(10-8-16)29-21-19(25-26-29)20(23-15-24-21)27-11-13-28(14-12-27)22(30)17-5-3-2-4-6-17/h2-10,15H,11-14H2,1H3. The van der Waals surface area contributed by atoms with E-state index in [9.17, 15) is 4.79 Å². The normalized spacial score (nSPS) is 14.3. The molecule has 2 aromatic carbocycles. The van der Waals surface area contributed by atoms with Gasteiger partial charge >= 0.3 is 0 Å². The molecule has 0 saturated carbocycles. The third kappa shape index (κ3) is 3.26. The van der Waals surface area contributed by atoms with Crippen LogP contribution in [0, 0.1) is 6.92 Å². The number of rotatable bonds is 3. The number of amides is 1. The third-order valence-corrected chi connectivity index (χ3v) is 5.38. The van der Waals surface area contributed by atoms with Gasteiger partial charge in [0.15, 0.2) is 17.0 Å². The Morgan fingerprint density at radius 3 is 2.37 bits per heavy atom.